The lowest BCUT2D eigenvalue weighted by Gasteiger charge is -2.09. The van der Waals surface area contributed by atoms with E-state index in [0.717, 1.165) is 23.4 Å². The van der Waals surface area contributed by atoms with Crippen molar-refractivity contribution in [2.75, 3.05) is 13.7 Å². The fourth-order valence-electron chi connectivity index (χ4n) is 2.44. The van der Waals surface area contributed by atoms with Crippen LogP contribution in [0.5, 0.6) is 11.5 Å². The summed E-state index contributed by atoms with van der Waals surface area (Å²) in [5.74, 6) is 1.35. The summed E-state index contributed by atoms with van der Waals surface area (Å²) in [7, 11) is 1.64. The first kappa shape index (κ1) is 17.9. The van der Waals surface area contributed by atoms with Gasteiger partial charge in [-0.2, -0.15) is 0 Å². The average molecular weight is 368 g/mol. The molecule has 26 heavy (non-hydrogen) atoms. The molecule has 0 bridgehead atoms. The minimum absolute atomic E-state index is 0.119. The van der Waals surface area contributed by atoms with E-state index >= 15 is 0 Å². The summed E-state index contributed by atoms with van der Waals surface area (Å²) in [6.45, 7) is 0.945. The number of thiazole rings is 1. The molecule has 3 aromatic rings. The third-order valence-electron chi connectivity index (χ3n) is 3.80. The Balaban J connectivity index is 1.51. The van der Waals surface area contributed by atoms with Crippen molar-refractivity contribution in [3.63, 3.8) is 0 Å². The van der Waals surface area contributed by atoms with E-state index in [4.69, 9.17) is 9.47 Å². The second-order valence-corrected chi connectivity index (χ2v) is 6.37. The molecule has 1 aromatic heterocycles. The van der Waals surface area contributed by atoms with Crippen LogP contribution in [0.1, 0.15) is 21.6 Å². The molecule has 0 radical (unpaired) electrons. The maximum Gasteiger partial charge on any atom is 0.251 e. The Morgan fingerprint density at radius 3 is 2.81 bits per heavy atom. The smallest absolute Gasteiger partial charge is 0.251 e. The van der Waals surface area contributed by atoms with Gasteiger partial charge in [-0.25, -0.2) is 4.98 Å². The fraction of sp³-hybridized carbons (Fsp3) is 0.200. The average Bonchev–Trinajstić information content (AvgIpc) is 3.20. The van der Waals surface area contributed by atoms with Crippen LogP contribution in [-0.4, -0.2) is 24.5 Å². The monoisotopic (exact) mass is 368 g/mol. The van der Waals surface area contributed by atoms with E-state index in [2.05, 4.69) is 10.3 Å². The molecule has 0 aliphatic heterocycles. The van der Waals surface area contributed by atoms with Crippen molar-refractivity contribution >= 4 is 17.2 Å². The van der Waals surface area contributed by atoms with Crippen molar-refractivity contribution in [3.05, 3.63) is 76.2 Å². The highest BCUT2D eigenvalue weighted by molar-refractivity contribution is 7.07. The van der Waals surface area contributed by atoms with Gasteiger partial charge >= 0.3 is 0 Å². The SMILES string of the molecule is COc1cccc(CCNC(=O)c2cccc(OCc3cscn3)c2)c1. The Bertz CT molecular complexity index is 850. The summed E-state index contributed by atoms with van der Waals surface area (Å²) in [5.41, 5.74) is 4.34. The molecular formula is C20H20N2O3S. The zero-order valence-corrected chi connectivity index (χ0v) is 15.3. The maximum atomic E-state index is 12.3. The molecular weight excluding hydrogens is 348 g/mol. The van der Waals surface area contributed by atoms with E-state index in [0.29, 0.717) is 24.5 Å². The predicted octanol–water partition coefficient (Wildman–Crippen LogP) is 3.70. The lowest BCUT2D eigenvalue weighted by molar-refractivity contribution is 0.0953. The van der Waals surface area contributed by atoms with E-state index in [9.17, 15) is 4.79 Å². The van der Waals surface area contributed by atoms with Crippen LogP contribution in [-0.2, 0) is 13.0 Å². The number of amides is 1. The normalized spacial score (nSPS) is 10.3. The summed E-state index contributed by atoms with van der Waals surface area (Å²) >= 11 is 1.53. The summed E-state index contributed by atoms with van der Waals surface area (Å²) < 4.78 is 10.9. The van der Waals surface area contributed by atoms with Crippen molar-refractivity contribution in [2.45, 2.75) is 13.0 Å². The number of nitrogens with zero attached hydrogens (tertiary/aromatic N) is 1. The van der Waals surface area contributed by atoms with E-state index in [-0.39, 0.29) is 5.91 Å². The highest BCUT2D eigenvalue weighted by atomic mass is 32.1. The Kier molecular flexibility index (Phi) is 6.22. The van der Waals surface area contributed by atoms with Crippen LogP contribution in [0, 0.1) is 0 Å². The van der Waals surface area contributed by atoms with Gasteiger partial charge in [0.25, 0.3) is 5.91 Å². The second kappa shape index (κ2) is 9.01. The first-order valence-electron chi connectivity index (χ1n) is 8.25. The highest BCUT2D eigenvalue weighted by Crippen LogP contribution is 2.16. The van der Waals surface area contributed by atoms with Gasteiger partial charge in [0.05, 0.1) is 18.3 Å². The topological polar surface area (TPSA) is 60.5 Å². The van der Waals surface area contributed by atoms with E-state index < -0.39 is 0 Å². The molecule has 2 aromatic carbocycles. The van der Waals surface area contributed by atoms with Crippen molar-refractivity contribution in [2.24, 2.45) is 0 Å². The highest BCUT2D eigenvalue weighted by Gasteiger charge is 2.07. The van der Waals surface area contributed by atoms with Crippen molar-refractivity contribution < 1.29 is 14.3 Å². The number of benzene rings is 2. The zero-order valence-electron chi connectivity index (χ0n) is 14.5. The van der Waals surface area contributed by atoms with Gasteiger partial charge in [0.15, 0.2) is 0 Å². The van der Waals surface area contributed by atoms with Gasteiger partial charge in [-0.1, -0.05) is 18.2 Å². The first-order valence-corrected chi connectivity index (χ1v) is 9.20. The van der Waals surface area contributed by atoms with Gasteiger partial charge in [-0.15, -0.1) is 11.3 Å². The van der Waals surface area contributed by atoms with E-state index in [1.807, 2.05) is 41.8 Å². The minimum Gasteiger partial charge on any atom is -0.497 e. The fourth-order valence-corrected chi connectivity index (χ4v) is 2.99. The van der Waals surface area contributed by atoms with Crippen LogP contribution < -0.4 is 14.8 Å². The minimum atomic E-state index is -0.119. The van der Waals surface area contributed by atoms with Crippen molar-refractivity contribution in [1.82, 2.24) is 10.3 Å². The number of hydrogen-bond acceptors (Lipinski definition) is 5. The van der Waals surface area contributed by atoms with E-state index in [1.54, 1.807) is 24.8 Å². The summed E-state index contributed by atoms with van der Waals surface area (Å²) in [5, 5.41) is 4.88. The molecule has 5 nitrogen and oxygen atoms in total. The number of methoxy groups -OCH3 is 1. The summed E-state index contributed by atoms with van der Waals surface area (Å²) in [6, 6.07) is 15.0. The van der Waals surface area contributed by atoms with Crippen LogP contribution in [0.15, 0.2) is 59.4 Å². The third-order valence-corrected chi connectivity index (χ3v) is 4.44. The van der Waals surface area contributed by atoms with Crippen molar-refractivity contribution in [1.29, 1.82) is 0 Å². The number of carbonyl (C=O) groups is 1. The molecule has 1 heterocycles. The predicted molar refractivity (Wildman–Crippen MR) is 102 cm³/mol. The maximum absolute atomic E-state index is 12.3. The Morgan fingerprint density at radius 2 is 2.00 bits per heavy atom. The molecule has 0 saturated carbocycles. The van der Waals surface area contributed by atoms with Gasteiger partial charge in [0, 0.05) is 17.5 Å². The molecule has 3 rings (SSSR count). The largest absolute Gasteiger partial charge is 0.497 e. The lowest BCUT2D eigenvalue weighted by atomic mass is 10.1. The number of hydrogen-bond donors (Lipinski definition) is 1. The summed E-state index contributed by atoms with van der Waals surface area (Å²) in [6.07, 6.45) is 0.739. The van der Waals surface area contributed by atoms with Crippen LogP contribution in [0.3, 0.4) is 0 Å². The number of carbonyl (C=O) groups excluding carboxylic acids is 1. The molecule has 0 aliphatic carbocycles. The quantitative estimate of drug-likeness (QED) is 0.659. The number of aromatic nitrogens is 1. The molecule has 134 valence electrons. The van der Waals surface area contributed by atoms with Gasteiger partial charge in [-0.3, -0.25) is 4.79 Å². The van der Waals surface area contributed by atoms with Crippen molar-refractivity contribution in [3.8, 4) is 11.5 Å². The van der Waals surface area contributed by atoms with Crippen LogP contribution >= 0.6 is 11.3 Å². The second-order valence-electron chi connectivity index (χ2n) is 5.65. The van der Waals surface area contributed by atoms with Gasteiger partial charge < -0.3 is 14.8 Å². The van der Waals surface area contributed by atoms with Gasteiger partial charge in [0.2, 0.25) is 0 Å². The molecule has 6 heteroatoms. The number of nitrogens with one attached hydrogen (secondary N) is 1. The molecule has 0 saturated heterocycles. The molecule has 0 atom stereocenters. The molecule has 0 unspecified atom stereocenters. The molecule has 1 N–H and O–H groups in total. The lowest BCUT2D eigenvalue weighted by Crippen LogP contribution is -2.25. The van der Waals surface area contributed by atoms with Gasteiger partial charge in [0.1, 0.15) is 18.1 Å². The standard InChI is InChI=1S/C20H20N2O3S/c1-24-18-6-2-4-15(10-18)8-9-21-20(23)16-5-3-7-19(11-16)25-12-17-13-26-14-22-17/h2-7,10-11,13-14H,8-9,12H2,1H3,(H,21,23). The third kappa shape index (κ3) is 5.07. The first-order chi connectivity index (χ1) is 12.7. The molecule has 1 amide bonds. The summed E-state index contributed by atoms with van der Waals surface area (Å²) in [4.78, 5) is 16.5. The Labute approximate surface area is 156 Å². The molecule has 0 fully saturated rings. The van der Waals surface area contributed by atoms with Crippen LogP contribution in [0.25, 0.3) is 0 Å². The van der Waals surface area contributed by atoms with Gasteiger partial charge in [-0.05, 0) is 42.3 Å². The molecule has 0 spiro atoms. The van der Waals surface area contributed by atoms with Crippen LogP contribution in [0.4, 0.5) is 0 Å². The molecule has 0 aliphatic rings. The zero-order chi connectivity index (χ0) is 18.2. The number of ether oxygens (including phenoxy) is 2. The Hall–Kier alpha value is -2.86. The Morgan fingerprint density at radius 1 is 1.15 bits per heavy atom. The number of rotatable bonds is 8. The van der Waals surface area contributed by atoms with Crippen LogP contribution in [0.2, 0.25) is 0 Å². The van der Waals surface area contributed by atoms with E-state index in [1.165, 1.54) is 11.3 Å².